The third-order valence-electron chi connectivity index (χ3n) is 2.92. The first kappa shape index (κ1) is 11.6. The van der Waals surface area contributed by atoms with Gasteiger partial charge in [0, 0.05) is 18.8 Å². The molecule has 0 unspecified atom stereocenters. The molecule has 2 heterocycles. The summed E-state index contributed by atoms with van der Waals surface area (Å²) in [5, 5.41) is 7.53. The first-order valence-electron chi connectivity index (χ1n) is 5.72. The monoisotopic (exact) mass is 231 g/mol. The van der Waals surface area contributed by atoms with Crippen molar-refractivity contribution in [3.63, 3.8) is 0 Å². The molecule has 1 N–H and O–H groups in total. The van der Waals surface area contributed by atoms with Gasteiger partial charge in [0.2, 0.25) is 0 Å². The van der Waals surface area contributed by atoms with Gasteiger partial charge >= 0.3 is 0 Å². The van der Waals surface area contributed by atoms with E-state index in [1.165, 1.54) is 5.56 Å². The quantitative estimate of drug-likeness (QED) is 0.876. The van der Waals surface area contributed by atoms with Gasteiger partial charge < -0.3 is 5.32 Å². The van der Waals surface area contributed by atoms with E-state index in [1.807, 2.05) is 24.7 Å². The summed E-state index contributed by atoms with van der Waals surface area (Å²) >= 11 is 0. The maximum absolute atomic E-state index is 4.53. The Balaban J connectivity index is 2.52. The maximum Gasteiger partial charge on any atom is 0.159 e. The van der Waals surface area contributed by atoms with Gasteiger partial charge in [-0.15, -0.1) is 0 Å². The van der Waals surface area contributed by atoms with Crippen LogP contribution >= 0.6 is 0 Å². The van der Waals surface area contributed by atoms with Crippen LogP contribution in [0.25, 0.3) is 5.82 Å². The highest BCUT2D eigenvalue weighted by atomic mass is 15.3. The fourth-order valence-electron chi connectivity index (χ4n) is 2.01. The molecule has 0 spiro atoms. The lowest BCUT2D eigenvalue weighted by Gasteiger charge is -2.05. The minimum atomic E-state index is 0.792. The zero-order chi connectivity index (χ0) is 12.4. The third kappa shape index (κ3) is 2.00. The van der Waals surface area contributed by atoms with Crippen LogP contribution < -0.4 is 5.32 Å². The predicted octanol–water partition coefficient (Wildman–Crippen LogP) is 1.88. The summed E-state index contributed by atoms with van der Waals surface area (Å²) in [7, 11) is 1.84. The van der Waals surface area contributed by atoms with Gasteiger partial charge in [-0.25, -0.2) is 14.6 Å². The topological polar surface area (TPSA) is 55.6 Å². The normalized spacial score (nSPS) is 10.6. The lowest BCUT2D eigenvalue weighted by Crippen LogP contribution is -2.04. The molecule has 2 aromatic heterocycles. The number of hydrogen-bond donors (Lipinski definition) is 1. The Morgan fingerprint density at radius 1 is 1.29 bits per heavy atom. The molecule has 0 saturated carbocycles. The minimum absolute atomic E-state index is 0.792. The van der Waals surface area contributed by atoms with Crippen molar-refractivity contribution in [3.05, 3.63) is 29.3 Å². The van der Waals surface area contributed by atoms with Gasteiger partial charge in [-0.1, -0.05) is 6.92 Å². The van der Waals surface area contributed by atoms with Crippen molar-refractivity contribution in [1.29, 1.82) is 0 Å². The number of hydrogen-bond acceptors (Lipinski definition) is 4. The van der Waals surface area contributed by atoms with Gasteiger partial charge in [-0.05, 0) is 25.8 Å². The first-order valence-corrected chi connectivity index (χ1v) is 5.72. The van der Waals surface area contributed by atoms with E-state index in [0.29, 0.717) is 0 Å². The molecule has 0 amide bonds. The van der Waals surface area contributed by atoms with E-state index in [2.05, 4.69) is 34.2 Å². The SMILES string of the molecule is CCc1c(C)nn(-c2cc(NC)ncn2)c1C. The molecule has 0 saturated heterocycles. The van der Waals surface area contributed by atoms with E-state index in [-0.39, 0.29) is 0 Å². The molecular formula is C12H17N5. The average molecular weight is 231 g/mol. The molecule has 2 rings (SSSR count). The van der Waals surface area contributed by atoms with Gasteiger partial charge in [0.15, 0.2) is 5.82 Å². The second kappa shape index (κ2) is 4.53. The maximum atomic E-state index is 4.53. The van der Waals surface area contributed by atoms with Crippen LogP contribution in [-0.2, 0) is 6.42 Å². The molecule has 0 bridgehead atoms. The summed E-state index contributed by atoms with van der Waals surface area (Å²) in [6, 6.07) is 1.89. The highest BCUT2D eigenvalue weighted by molar-refractivity contribution is 5.41. The van der Waals surface area contributed by atoms with Crippen LogP contribution in [0.15, 0.2) is 12.4 Å². The zero-order valence-electron chi connectivity index (χ0n) is 10.7. The molecule has 5 nitrogen and oxygen atoms in total. The highest BCUT2D eigenvalue weighted by Gasteiger charge is 2.12. The van der Waals surface area contributed by atoms with Crippen molar-refractivity contribution in [3.8, 4) is 5.82 Å². The van der Waals surface area contributed by atoms with Crippen molar-refractivity contribution in [2.24, 2.45) is 0 Å². The summed E-state index contributed by atoms with van der Waals surface area (Å²) in [5.41, 5.74) is 3.50. The van der Waals surface area contributed by atoms with E-state index < -0.39 is 0 Å². The molecule has 0 aliphatic heterocycles. The Morgan fingerprint density at radius 2 is 2.06 bits per heavy atom. The number of aromatic nitrogens is 4. The fourth-order valence-corrected chi connectivity index (χ4v) is 2.01. The molecule has 5 heteroatoms. The van der Waals surface area contributed by atoms with Gasteiger partial charge in [0.1, 0.15) is 12.1 Å². The second-order valence-corrected chi connectivity index (χ2v) is 3.93. The van der Waals surface area contributed by atoms with Crippen LogP contribution in [0.5, 0.6) is 0 Å². The molecular weight excluding hydrogens is 214 g/mol. The molecule has 17 heavy (non-hydrogen) atoms. The number of rotatable bonds is 3. The van der Waals surface area contributed by atoms with E-state index >= 15 is 0 Å². The third-order valence-corrected chi connectivity index (χ3v) is 2.92. The van der Waals surface area contributed by atoms with E-state index in [1.54, 1.807) is 6.33 Å². The predicted molar refractivity (Wildman–Crippen MR) is 67.6 cm³/mol. The van der Waals surface area contributed by atoms with Crippen molar-refractivity contribution in [2.75, 3.05) is 12.4 Å². The second-order valence-electron chi connectivity index (χ2n) is 3.93. The Morgan fingerprint density at radius 3 is 2.65 bits per heavy atom. The molecule has 90 valence electrons. The molecule has 0 aliphatic carbocycles. The van der Waals surface area contributed by atoms with Gasteiger partial charge in [0.25, 0.3) is 0 Å². The van der Waals surface area contributed by atoms with Crippen molar-refractivity contribution < 1.29 is 0 Å². The summed E-state index contributed by atoms with van der Waals surface area (Å²) in [6.45, 7) is 6.24. The lowest BCUT2D eigenvalue weighted by molar-refractivity contribution is 0.800. The standard InChI is InChI=1S/C12H17N5/c1-5-10-8(2)16-17(9(10)3)12-6-11(13-4)14-7-15-12/h6-7H,5H2,1-4H3,(H,13,14,15). The smallest absolute Gasteiger partial charge is 0.159 e. The van der Waals surface area contributed by atoms with Crippen molar-refractivity contribution >= 4 is 5.82 Å². The van der Waals surface area contributed by atoms with Crippen LogP contribution in [0.2, 0.25) is 0 Å². The summed E-state index contributed by atoms with van der Waals surface area (Å²) in [6.07, 6.45) is 2.53. The van der Waals surface area contributed by atoms with Crippen LogP contribution in [0.3, 0.4) is 0 Å². The Labute approximate surface area is 101 Å². The van der Waals surface area contributed by atoms with Crippen molar-refractivity contribution in [1.82, 2.24) is 19.7 Å². The van der Waals surface area contributed by atoms with Crippen LogP contribution in [-0.4, -0.2) is 26.8 Å². The molecule has 0 aliphatic rings. The van der Waals surface area contributed by atoms with E-state index in [4.69, 9.17) is 0 Å². The average Bonchev–Trinajstić information content (AvgIpc) is 2.64. The zero-order valence-corrected chi connectivity index (χ0v) is 10.7. The van der Waals surface area contributed by atoms with Crippen molar-refractivity contribution in [2.45, 2.75) is 27.2 Å². The Bertz CT molecular complexity index is 530. The Hall–Kier alpha value is -1.91. The molecule has 0 fully saturated rings. The van der Waals surface area contributed by atoms with Gasteiger partial charge in [-0.2, -0.15) is 5.10 Å². The summed E-state index contributed by atoms with van der Waals surface area (Å²) in [5.74, 6) is 1.59. The van der Waals surface area contributed by atoms with Gasteiger partial charge in [-0.3, -0.25) is 0 Å². The molecule has 0 aromatic carbocycles. The molecule has 0 atom stereocenters. The summed E-state index contributed by atoms with van der Waals surface area (Å²) < 4.78 is 1.87. The number of aryl methyl sites for hydroxylation is 1. The fraction of sp³-hybridized carbons (Fsp3) is 0.417. The lowest BCUT2D eigenvalue weighted by atomic mass is 10.1. The number of anilines is 1. The van der Waals surface area contributed by atoms with Crippen LogP contribution in [0.4, 0.5) is 5.82 Å². The number of nitrogens with one attached hydrogen (secondary N) is 1. The summed E-state index contributed by atoms with van der Waals surface area (Å²) in [4.78, 5) is 8.36. The number of nitrogens with zero attached hydrogens (tertiary/aromatic N) is 4. The largest absolute Gasteiger partial charge is 0.373 e. The van der Waals surface area contributed by atoms with Crippen LogP contribution in [0.1, 0.15) is 23.9 Å². The first-order chi connectivity index (χ1) is 8.17. The van der Waals surface area contributed by atoms with Crippen LogP contribution in [0, 0.1) is 13.8 Å². The highest BCUT2D eigenvalue weighted by Crippen LogP contribution is 2.17. The molecule has 2 aromatic rings. The van der Waals surface area contributed by atoms with E-state index in [0.717, 1.165) is 29.4 Å². The minimum Gasteiger partial charge on any atom is -0.373 e. The van der Waals surface area contributed by atoms with E-state index in [9.17, 15) is 0 Å². The van der Waals surface area contributed by atoms with Gasteiger partial charge in [0.05, 0.1) is 5.69 Å². The Kier molecular flexibility index (Phi) is 3.08. The molecule has 0 radical (unpaired) electrons.